The van der Waals surface area contributed by atoms with E-state index in [0.717, 1.165) is 18.4 Å². The first-order chi connectivity index (χ1) is 11.2. The van der Waals surface area contributed by atoms with Crippen molar-refractivity contribution in [3.63, 3.8) is 0 Å². The van der Waals surface area contributed by atoms with Gasteiger partial charge in [0.25, 0.3) is 0 Å². The summed E-state index contributed by atoms with van der Waals surface area (Å²) in [5.74, 6) is 0.0787. The van der Waals surface area contributed by atoms with Gasteiger partial charge in [0.2, 0.25) is 6.41 Å². The van der Waals surface area contributed by atoms with Gasteiger partial charge in [-0.15, -0.1) is 0 Å². The molecule has 0 fully saturated rings. The molecule has 0 spiro atoms. The number of hydrogen-bond donors (Lipinski definition) is 3. The van der Waals surface area contributed by atoms with Crippen molar-refractivity contribution in [1.29, 1.82) is 0 Å². The zero-order chi connectivity index (χ0) is 16.7. The second-order valence-corrected chi connectivity index (χ2v) is 5.68. The molecule has 0 heterocycles. The number of phenolic OH excluding ortho intramolecular Hbond substituents is 1. The molecule has 0 bridgehead atoms. The van der Waals surface area contributed by atoms with E-state index < -0.39 is 0 Å². The van der Waals surface area contributed by atoms with Crippen LogP contribution < -0.4 is 10.6 Å². The molecule has 4 nitrogen and oxygen atoms in total. The molecule has 0 saturated heterocycles. The summed E-state index contributed by atoms with van der Waals surface area (Å²) >= 11 is 0. The molecule has 0 radical (unpaired) electrons. The van der Waals surface area contributed by atoms with Crippen LogP contribution in [0.25, 0.3) is 0 Å². The Labute approximate surface area is 137 Å². The number of benzene rings is 2. The van der Waals surface area contributed by atoms with Gasteiger partial charge in [0.05, 0.1) is 5.69 Å². The van der Waals surface area contributed by atoms with Gasteiger partial charge in [-0.2, -0.15) is 0 Å². The summed E-state index contributed by atoms with van der Waals surface area (Å²) in [6, 6.07) is 16.1. The third kappa shape index (κ3) is 4.57. The van der Waals surface area contributed by atoms with Gasteiger partial charge < -0.3 is 15.7 Å². The third-order valence-corrected chi connectivity index (χ3v) is 3.97. The van der Waals surface area contributed by atoms with Crippen LogP contribution in [0.1, 0.15) is 49.9 Å². The molecule has 0 aliphatic heterocycles. The zero-order valence-corrected chi connectivity index (χ0v) is 13.6. The second kappa shape index (κ2) is 8.34. The average molecular weight is 312 g/mol. The van der Waals surface area contributed by atoms with Crippen LogP contribution in [-0.4, -0.2) is 11.5 Å². The van der Waals surface area contributed by atoms with Gasteiger partial charge >= 0.3 is 0 Å². The first-order valence-corrected chi connectivity index (χ1v) is 7.99. The zero-order valence-electron chi connectivity index (χ0n) is 13.6. The number of carbonyl (C=O) groups is 1. The molecule has 0 aromatic heterocycles. The van der Waals surface area contributed by atoms with Gasteiger partial charge in [0, 0.05) is 12.1 Å². The van der Waals surface area contributed by atoms with E-state index in [-0.39, 0.29) is 17.8 Å². The summed E-state index contributed by atoms with van der Waals surface area (Å²) in [6.45, 7) is 4.25. The number of rotatable bonds is 8. The standard InChI is InChI=1S/C19H24N2O2/c1-3-7-17(15-8-5-4-6-9-15)21-14(2)16-10-11-18(20-13-22)19(23)12-16/h4-6,8-14,17,21,23H,3,7H2,1-2H3,(H,20,22). The Hall–Kier alpha value is -2.33. The van der Waals surface area contributed by atoms with E-state index in [1.165, 1.54) is 5.56 Å². The number of aromatic hydroxyl groups is 1. The minimum Gasteiger partial charge on any atom is -0.506 e. The Bertz CT molecular complexity index is 629. The predicted octanol–water partition coefficient (Wildman–Crippen LogP) is 4.15. The third-order valence-electron chi connectivity index (χ3n) is 3.97. The van der Waals surface area contributed by atoms with Crippen molar-refractivity contribution in [2.24, 2.45) is 0 Å². The lowest BCUT2D eigenvalue weighted by atomic mass is 9.99. The van der Waals surface area contributed by atoms with E-state index in [1.807, 2.05) is 12.1 Å². The van der Waals surface area contributed by atoms with Crippen molar-refractivity contribution in [1.82, 2.24) is 5.32 Å². The molecule has 0 aliphatic carbocycles. The van der Waals surface area contributed by atoms with E-state index in [0.29, 0.717) is 12.1 Å². The van der Waals surface area contributed by atoms with Crippen molar-refractivity contribution >= 4 is 12.1 Å². The number of phenols is 1. The molecule has 2 aromatic rings. The molecule has 122 valence electrons. The molecule has 0 aliphatic rings. The van der Waals surface area contributed by atoms with Crippen LogP contribution in [0.4, 0.5) is 5.69 Å². The van der Waals surface area contributed by atoms with Crippen LogP contribution in [0.5, 0.6) is 5.75 Å². The predicted molar refractivity (Wildman–Crippen MR) is 93.4 cm³/mol. The quantitative estimate of drug-likeness (QED) is 0.507. The molecule has 3 N–H and O–H groups in total. The van der Waals surface area contributed by atoms with Crippen LogP contribution >= 0.6 is 0 Å². The van der Waals surface area contributed by atoms with Gasteiger partial charge in [-0.25, -0.2) is 0 Å². The maximum absolute atomic E-state index is 10.5. The lowest BCUT2D eigenvalue weighted by molar-refractivity contribution is -0.105. The highest BCUT2D eigenvalue weighted by Gasteiger charge is 2.15. The second-order valence-electron chi connectivity index (χ2n) is 5.68. The smallest absolute Gasteiger partial charge is 0.211 e. The van der Waals surface area contributed by atoms with Crippen molar-refractivity contribution < 1.29 is 9.90 Å². The number of nitrogens with one attached hydrogen (secondary N) is 2. The summed E-state index contributed by atoms with van der Waals surface area (Å²) in [4.78, 5) is 10.5. The van der Waals surface area contributed by atoms with E-state index in [1.54, 1.807) is 12.1 Å². The summed E-state index contributed by atoms with van der Waals surface area (Å²) in [6.07, 6.45) is 2.70. The van der Waals surface area contributed by atoms with Gasteiger partial charge in [0.1, 0.15) is 5.75 Å². The van der Waals surface area contributed by atoms with Crippen molar-refractivity contribution in [3.05, 3.63) is 59.7 Å². The molecule has 2 aromatic carbocycles. The molecule has 2 unspecified atom stereocenters. The lowest BCUT2D eigenvalue weighted by Gasteiger charge is -2.24. The molecule has 2 rings (SSSR count). The average Bonchev–Trinajstić information content (AvgIpc) is 2.57. The molecule has 23 heavy (non-hydrogen) atoms. The molecular formula is C19H24N2O2. The van der Waals surface area contributed by atoms with E-state index in [2.05, 4.69) is 48.7 Å². The Morgan fingerprint density at radius 1 is 1.13 bits per heavy atom. The topological polar surface area (TPSA) is 61.4 Å². The highest BCUT2D eigenvalue weighted by molar-refractivity contribution is 5.75. The first kappa shape index (κ1) is 17.0. The monoisotopic (exact) mass is 312 g/mol. The van der Waals surface area contributed by atoms with E-state index in [9.17, 15) is 9.90 Å². The first-order valence-electron chi connectivity index (χ1n) is 7.99. The highest BCUT2D eigenvalue weighted by Crippen LogP contribution is 2.29. The normalized spacial score (nSPS) is 13.3. The Kier molecular flexibility index (Phi) is 6.18. The van der Waals surface area contributed by atoms with Gasteiger partial charge in [-0.3, -0.25) is 4.79 Å². The maximum atomic E-state index is 10.5. The Morgan fingerprint density at radius 2 is 1.87 bits per heavy atom. The van der Waals surface area contributed by atoms with Crippen molar-refractivity contribution in [2.45, 2.75) is 38.8 Å². The fraction of sp³-hybridized carbons (Fsp3) is 0.316. The van der Waals surface area contributed by atoms with Crippen LogP contribution in [0.2, 0.25) is 0 Å². The number of anilines is 1. The highest BCUT2D eigenvalue weighted by atomic mass is 16.3. The number of amides is 1. The lowest BCUT2D eigenvalue weighted by Crippen LogP contribution is -2.24. The molecule has 0 saturated carbocycles. The molecular weight excluding hydrogens is 288 g/mol. The Morgan fingerprint density at radius 3 is 2.48 bits per heavy atom. The number of carbonyl (C=O) groups excluding carboxylic acids is 1. The van der Waals surface area contributed by atoms with Crippen LogP contribution in [0.3, 0.4) is 0 Å². The van der Waals surface area contributed by atoms with E-state index in [4.69, 9.17) is 0 Å². The maximum Gasteiger partial charge on any atom is 0.211 e. The van der Waals surface area contributed by atoms with E-state index >= 15 is 0 Å². The molecule has 2 atom stereocenters. The summed E-state index contributed by atoms with van der Waals surface area (Å²) < 4.78 is 0. The fourth-order valence-corrected chi connectivity index (χ4v) is 2.72. The summed E-state index contributed by atoms with van der Waals surface area (Å²) in [7, 11) is 0. The van der Waals surface area contributed by atoms with Gasteiger partial charge in [0.15, 0.2) is 0 Å². The number of hydrogen-bond acceptors (Lipinski definition) is 3. The molecule has 1 amide bonds. The van der Waals surface area contributed by atoms with Crippen molar-refractivity contribution in [2.75, 3.05) is 5.32 Å². The fourth-order valence-electron chi connectivity index (χ4n) is 2.72. The van der Waals surface area contributed by atoms with Crippen LogP contribution in [0, 0.1) is 0 Å². The van der Waals surface area contributed by atoms with Crippen LogP contribution in [0.15, 0.2) is 48.5 Å². The van der Waals surface area contributed by atoms with Crippen LogP contribution in [-0.2, 0) is 4.79 Å². The Balaban J connectivity index is 2.14. The minimum atomic E-state index is 0.0787. The van der Waals surface area contributed by atoms with Gasteiger partial charge in [-0.05, 0) is 36.6 Å². The van der Waals surface area contributed by atoms with Crippen molar-refractivity contribution in [3.8, 4) is 5.75 Å². The SMILES string of the molecule is CCCC(NC(C)c1ccc(NC=O)c(O)c1)c1ccccc1. The molecule has 4 heteroatoms. The minimum absolute atomic E-state index is 0.0787. The van der Waals surface area contributed by atoms with Gasteiger partial charge in [-0.1, -0.05) is 49.7 Å². The summed E-state index contributed by atoms with van der Waals surface area (Å²) in [5.41, 5.74) is 2.67. The summed E-state index contributed by atoms with van der Waals surface area (Å²) in [5, 5.41) is 16.1. The largest absolute Gasteiger partial charge is 0.506 e.